The first-order valence-corrected chi connectivity index (χ1v) is 7.34. The van der Waals surface area contributed by atoms with Crippen LogP contribution >= 0.6 is 0 Å². The van der Waals surface area contributed by atoms with Crippen LogP contribution in [0, 0.1) is 0 Å². The zero-order valence-electron chi connectivity index (χ0n) is 13.0. The van der Waals surface area contributed by atoms with E-state index in [0.29, 0.717) is 30.5 Å². The quantitative estimate of drug-likeness (QED) is 0.820. The maximum atomic E-state index is 12.7. The van der Waals surface area contributed by atoms with Gasteiger partial charge in [0.15, 0.2) is 5.82 Å². The fourth-order valence-corrected chi connectivity index (χ4v) is 2.18. The number of nitrogens with zero attached hydrogens (tertiary/aromatic N) is 4. The van der Waals surface area contributed by atoms with Gasteiger partial charge in [0.2, 0.25) is 5.89 Å². The third-order valence-electron chi connectivity index (χ3n) is 3.38. The highest BCUT2D eigenvalue weighted by Crippen LogP contribution is 2.14. The summed E-state index contributed by atoms with van der Waals surface area (Å²) < 4.78 is 7.14. The van der Waals surface area contributed by atoms with Gasteiger partial charge in [-0.25, -0.2) is 0 Å². The van der Waals surface area contributed by atoms with Crippen LogP contribution in [0.15, 0.2) is 22.9 Å². The molecule has 0 spiro atoms. The number of amides is 1. The minimum atomic E-state index is -0.0209. The molecule has 0 bridgehead atoms. The van der Waals surface area contributed by atoms with Gasteiger partial charge in [-0.05, 0) is 32.9 Å². The fourth-order valence-electron chi connectivity index (χ4n) is 2.18. The molecule has 0 atom stereocenters. The molecule has 21 heavy (non-hydrogen) atoms. The van der Waals surface area contributed by atoms with Crippen molar-refractivity contribution in [3.05, 3.63) is 35.7 Å². The lowest BCUT2D eigenvalue weighted by Gasteiger charge is -2.21. The first-order valence-electron chi connectivity index (χ1n) is 7.34. The molecule has 0 saturated heterocycles. The van der Waals surface area contributed by atoms with E-state index >= 15 is 0 Å². The van der Waals surface area contributed by atoms with E-state index in [2.05, 4.69) is 24.0 Å². The van der Waals surface area contributed by atoms with Gasteiger partial charge in [-0.1, -0.05) is 12.1 Å². The molecule has 6 heteroatoms. The molecule has 0 aromatic carbocycles. The molecule has 6 nitrogen and oxygen atoms in total. The molecule has 2 aromatic heterocycles. The molecule has 2 heterocycles. The Morgan fingerprint density at radius 1 is 1.43 bits per heavy atom. The highest BCUT2D eigenvalue weighted by molar-refractivity contribution is 5.92. The number of aryl methyl sites for hydroxylation is 1. The van der Waals surface area contributed by atoms with Crippen LogP contribution in [-0.4, -0.2) is 32.1 Å². The van der Waals surface area contributed by atoms with Crippen molar-refractivity contribution < 1.29 is 9.32 Å². The van der Waals surface area contributed by atoms with Crippen LogP contribution in [0.4, 0.5) is 0 Å². The van der Waals surface area contributed by atoms with E-state index in [9.17, 15) is 4.79 Å². The van der Waals surface area contributed by atoms with Crippen LogP contribution in [0.1, 0.15) is 55.9 Å². The van der Waals surface area contributed by atoms with Gasteiger partial charge in [-0.15, -0.1) is 0 Å². The Morgan fingerprint density at radius 3 is 2.76 bits per heavy atom. The van der Waals surface area contributed by atoms with Gasteiger partial charge >= 0.3 is 0 Å². The molecule has 2 rings (SSSR count). The Bertz CT molecular complexity index is 600. The highest BCUT2D eigenvalue weighted by Gasteiger charge is 2.21. The molecule has 0 aliphatic rings. The van der Waals surface area contributed by atoms with E-state index in [-0.39, 0.29) is 11.9 Å². The summed E-state index contributed by atoms with van der Waals surface area (Å²) in [7, 11) is 0. The van der Waals surface area contributed by atoms with Gasteiger partial charge in [0.05, 0.1) is 0 Å². The Balaban J connectivity index is 2.16. The summed E-state index contributed by atoms with van der Waals surface area (Å²) in [5.41, 5.74) is 0.682. The molecular formula is C15H22N4O2. The van der Waals surface area contributed by atoms with E-state index in [0.717, 1.165) is 6.42 Å². The SMILES string of the molecule is CCc1noc(CN(CC)C(=O)c2cccn2C(C)C)n1. The Kier molecular flexibility index (Phi) is 4.77. The third kappa shape index (κ3) is 3.32. The average Bonchev–Trinajstić information content (AvgIpc) is 3.12. The zero-order valence-corrected chi connectivity index (χ0v) is 13.0. The zero-order chi connectivity index (χ0) is 15.4. The van der Waals surface area contributed by atoms with Gasteiger partial charge in [0.1, 0.15) is 12.2 Å². The largest absolute Gasteiger partial charge is 0.341 e. The van der Waals surface area contributed by atoms with Crippen LogP contribution in [0.3, 0.4) is 0 Å². The predicted molar refractivity (Wildman–Crippen MR) is 78.9 cm³/mol. The van der Waals surface area contributed by atoms with Gasteiger partial charge in [-0.2, -0.15) is 4.98 Å². The van der Waals surface area contributed by atoms with Gasteiger partial charge in [-0.3, -0.25) is 4.79 Å². The number of carbonyl (C=O) groups excluding carboxylic acids is 1. The minimum absolute atomic E-state index is 0.0209. The van der Waals surface area contributed by atoms with Crippen molar-refractivity contribution in [2.24, 2.45) is 0 Å². The second kappa shape index (κ2) is 6.56. The van der Waals surface area contributed by atoms with Crippen molar-refractivity contribution in [3.8, 4) is 0 Å². The van der Waals surface area contributed by atoms with Crippen LogP contribution in [0.2, 0.25) is 0 Å². The van der Waals surface area contributed by atoms with Crippen molar-refractivity contribution >= 4 is 5.91 Å². The van der Waals surface area contributed by atoms with Crippen molar-refractivity contribution in [3.63, 3.8) is 0 Å². The minimum Gasteiger partial charge on any atom is -0.341 e. The van der Waals surface area contributed by atoms with Crippen LogP contribution < -0.4 is 0 Å². The second-order valence-electron chi connectivity index (χ2n) is 5.17. The number of aromatic nitrogens is 3. The Morgan fingerprint density at radius 2 is 2.19 bits per heavy atom. The molecule has 0 fully saturated rings. The summed E-state index contributed by atoms with van der Waals surface area (Å²) in [6.45, 7) is 8.94. The topological polar surface area (TPSA) is 64.2 Å². The molecule has 0 radical (unpaired) electrons. The molecule has 0 aliphatic heterocycles. The molecule has 0 saturated carbocycles. The number of carbonyl (C=O) groups is 1. The van der Waals surface area contributed by atoms with Crippen molar-refractivity contribution in [2.45, 2.75) is 46.7 Å². The summed E-state index contributed by atoms with van der Waals surface area (Å²) in [5, 5.41) is 3.86. The molecule has 114 valence electrons. The molecule has 0 N–H and O–H groups in total. The normalized spacial score (nSPS) is 11.1. The maximum Gasteiger partial charge on any atom is 0.270 e. The first-order chi connectivity index (χ1) is 10.1. The van der Waals surface area contributed by atoms with E-state index in [4.69, 9.17) is 4.52 Å². The Labute approximate surface area is 124 Å². The molecular weight excluding hydrogens is 268 g/mol. The van der Waals surface area contributed by atoms with E-state index in [1.54, 1.807) is 4.90 Å². The monoisotopic (exact) mass is 290 g/mol. The number of rotatable bonds is 6. The van der Waals surface area contributed by atoms with Crippen molar-refractivity contribution in [1.29, 1.82) is 0 Å². The van der Waals surface area contributed by atoms with E-state index < -0.39 is 0 Å². The average molecular weight is 290 g/mol. The lowest BCUT2D eigenvalue weighted by molar-refractivity contribution is 0.0722. The predicted octanol–water partition coefficient (Wildman–Crippen LogP) is 2.68. The van der Waals surface area contributed by atoms with Crippen molar-refractivity contribution in [1.82, 2.24) is 19.6 Å². The molecule has 2 aromatic rings. The summed E-state index contributed by atoms with van der Waals surface area (Å²) in [6.07, 6.45) is 2.65. The van der Waals surface area contributed by atoms with E-state index in [1.807, 2.05) is 36.7 Å². The smallest absolute Gasteiger partial charge is 0.270 e. The van der Waals surface area contributed by atoms with Gasteiger partial charge in [0.25, 0.3) is 5.91 Å². The Hall–Kier alpha value is -2.11. The second-order valence-corrected chi connectivity index (χ2v) is 5.17. The summed E-state index contributed by atoms with van der Waals surface area (Å²) >= 11 is 0. The summed E-state index contributed by atoms with van der Waals surface area (Å²) in [5.74, 6) is 1.12. The summed E-state index contributed by atoms with van der Waals surface area (Å²) in [6, 6.07) is 3.98. The van der Waals surface area contributed by atoms with Gasteiger partial charge in [0, 0.05) is 25.2 Å². The van der Waals surface area contributed by atoms with Gasteiger partial charge < -0.3 is 14.0 Å². The third-order valence-corrected chi connectivity index (χ3v) is 3.38. The number of hydrogen-bond acceptors (Lipinski definition) is 4. The van der Waals surface area contributed by atoms with Crippen molar-refractivity contribution in [2.75, 3.05) is 6.54 Å². The lowest BCUT2D eigenvalue weighted by atomic mass is 10.3. The summed E-state index contributed by atoms with van der Waals surface area (Å²) in [4.78, 5) is 18.6. The maximum absolute atomic E-state index is 12.7. The van der Waals surface area contributed by atoms with Crippen LogP contribution in [0.25, 0.3) is 0 Å². The standard InChI is InChI=1S/C15H22N4O2/c1-5-13-16-14(21-17-13)10-18(6-2)15(20)12-8-7-9-19(12)11(3)4/h7-9,11H,5-6,10H2,1-4H3. The van der Waals surface area contributed by atoms with Crippen LogP contribution in [0.5, 0.6) is 0 Å². The highest BCUT2D eigenvalue weighted by atomic mass is 16.5. The first kappa shape index (κ1) is 15.3. The van der Waals surface area contributed by atoms with Crippen LogP contribution in [-0.2, 0) is 13.0 Å². The fraction of sp³-hybridized carbons (Fsp3) is 0.533. The molecule has 0 unspecified atom stereocenters. The molecule has 0 aliphatic carbocycles. The lowest BCUT2D eigenvalue weighted by Crippen LogP contribution is -2.32. The number of hydrogen-bond donors (Lipinski definition) is 0. The molecule has 1 amide bonds. The van der Waals surface area contributed by atoms with E-state index in [1.165, 1.54) is 0 Å².